The molecule has 1 heterocycles. The van der Waals surface area contributed by atoms with E-state index in [1.165, 1.54) is 22.3 Å². The van der Waals surface area contributed by atoms with E-state index in [0.717, 1.165) is 33.4 Å². The summed E-state index contributed by atoms with van der Waals surface area (Å²) in [5.74, 6) is 0. The lowest BCUT2D eigenvalue weighted by molar-refractivity contribution is 0.669. The molecule has 0 bridgehead atoms. The summed E-state index contributed by atoms with van der Waals surface area (Å²) in [6, 6.07) is 50.4. The first-order valence-corrected chi connectivity index (χ1v) is 13.3. The number of hydrogen-bond donors (Lipinski definition) is 0. The normalized spacial score (nSPS) is 11.2. The Balaban J connectivity index is 1.38. The van der Waals surface area contributed by atoms with Gasteiger partial charge in [0.1, 0.15) is 5.58 Å². The van der Waals surface area contributed by atoms with Crippen LogP contribution < -0.4 is 4.90 Å². The van der Waals surface area contributed by atoms with Crippen LogP contribution in [0.2, 0.25) is 5.02 Å². The first-order valence-electron chi connectivity index (χ1n) is 13.0. The molecule has 0 atom stereocenters. The number of para-hydroxylation sites is 1. The Hall–Kier alpha value is -4.79. The molecule has 0 aliphatic heterocycles. The van der Waals surface area contributed by atoms with Crippen LogP contribution in [0.25, 0.3) is 44.2 Å². The first-order chi connectivity index (χ1) is 19.2. The third kappa shape index (κ3) is 4.35. The summed E-state index contributed by atoms with van der Waals surface area (Å²) < 4.78 is 6.11. The van der Waals surface area contributed by atoms with Gasteiger partial charge in [-0.25, -0.2) is 0 Å². The number of benzene rings is 6. The largest absolute Gasteiger partial charge is 0.454 e. The van der Waals surface area contributed by atoms with E-state index in [1.54, 1.807) is 0 Å². The molecule has 39 heavy (non-hydrogen) atoms. The SMILES string of the molecule is Clc1cc(N(c2ccc(-c3ccccc3)cc2)c2ccc(-c3ccccc3)cc2)cc2c1oc1ccccc12. The highest BCUT2D eigenvalue weighted by Crippen LogP contribution is 2.42. The van der Waals surface area contributed by atoms with Gasteiger partial charge in [-0.15, -0.1) is 0 Å². The van der Waals surface area contributed by atoms with Crippen molar-refractivity contribution in [3.8, 4) is 22.3 Å². The quantitative estimate of drug-likeness (QED) is 0.224. The molecule has 0 saturated carbocycles. The minimum Gasteiger partial charge on any atom is -0.454 e. The maximum absolute atomic E-state index is 6.84. The maximum atomic E-state index is 6.84. The molecule has 0 aliphatic carbocycles. The Bertz CT molecular complexity index is 1810. The smallest absolute Gasteiger partial charge is 0.154 e. The summed E-state index contributed by atoms with van der Waals surface area (Å²) >= 11 is 6.84. The molecule has 1 aromatic heterocycles. The Morgan fingerprint density at radius 2 is 0.923 bits per heavy atom. The number of fused-ring (bicyclic) bond motifs is 3. The van der Waals surface area contributed by atoms with E-state index in [9.17, 15) is 0 Å². The molecule has 0 spiro atoms. The molecular formula is C36H24ClNO. The van der Waals surface area contributed by atoms with Crippen LogP contribution in [0.15, 0.2) is 150 Å². The topological polar surface area (TPSA) is 16.4 Å². The Morgan fingerprint density at radius 1 is 0.436 bits per heavy atom. The minimum absolute atomic E-state index is 0.588. The maximum Gasteiger partial charge on any atom is 0.154 e. The highest BCUT2D eigenvalue weighted by Gasteiger charge is 2.18. The molecule has 2 nitrogen and oxygen atoms in total. The fourth-order valence-corrected chi connectivity index (χ4v) is 5.47. The third-order valence-electron chi connectivity index (χ3n) is 7.14. The van der Waals surface area contributed by atoms with Gasteiger partial charge < -0.3 is 9.32 Å². The van der Waals surface area contributed by atoms with Crippen molar-refractivity contribution < 1.29 is 4.42 Å². The van der Waals surface area contributed by atoms with E-state index in [-0.39, 0.29) is 0 Å². The summed E-state index contributed by atoms with van der Waals surface area (Å²) in [5, 5.41) is 2.64. The fourth-order valence-electron chi connectivity index (χ4n) is 5.21. The van der Waals surface area contributed by atoms with Crippen molar-refractivity contribution >= 4 is 50.6 Å². The minimum atomic E-state index is 0.588. The van der Waals surface area contributed by atoms with Crippen LogP contribution in [-0.4, -0.2) is 0 Å². The van der Waals surface area contributed by atoms with Crippen LogP contribution in [0.3, 0.4) is 0 Å². The molecule has 0 N–H and O–H groups in total. The zero-order valence-electron chi connectivity index (χ0n) is 21.1. The van der Waals surface area contributed by atoms with Gasteiger partial charge in [0.25, 0.3) is 0 Å². The molecule has 3 heteroatoms. The second-order valence-corrected chi connectivity index (χ2v) is 9.97. The second kappa shape index (κ2) is 9.83. The van der Waals surface area contributed by atoms with E-state index >= 15 is 0 Å². The van der Waals surface area contributed by atoms with Crippen LogP contribution in [0.1, 0.15) is 0 Å². The van der Waals surface area contributed by atoms with Gasteiger partial charge in [-0.05, 0) is 64.7 Å². The van der Waals surface area contributed by atoms with Crippen molar-refractivity contribution in [2.75, 3.05) is 4.90 Å². The van der Waals surface area contributed by atoms with E-state index in [0.29, 0.717) is 10.6 Å². The molecule has 0 radical (unpaired) electrons. The monoisotopic (exact) mass is 521 g/mol. The van der Waals surface area contributed by atoms with E-state index in [4.69, 9.17) is 16.0 Å². The molecule has 0 fully saturated rings. The Labute approximate surface area is 232 Å². The van der Waals surface area contributed by atoms with Crippen molar-refractivity contribution in [1.82, 2.24) is 0 Å². The molecule has 7 aromatic rings. The van der Waals surface area contributed by atoms with Gasteiger partial charge in [0.2, 0.25) is 0 Å². The van der Waals surface area contributed by atoms with E-state index in [1.807, 2.05) is 36.4 Å². The molecule has 0 saturated heterocycles. The molecular weight excluding hydrogens is 498 g/mol. The van der Waals surface area contributed by atoms with E-state index in [2.05, 4.69) is 114 Å². The summed E-state index contributed by atoms with van der Waals surface area (Å²) in [5.41, 5.74) is 9.34. The average molecular weight is 522 g/mol. The molecule has 6 aromatic carbocycles. The number of anilines is 3. The van der Waals surface area contributed by atoms with Gasteiger partial charge in [-0.3, -0.25) is 0 Å². The van der Waals surface area contributed by atoms with Crippen LogP contribution >= 0.6 is 11.6 Å². The lowest BCUT2D eigenvalue weighted by atomic mass is 10.0. The van der Waals surface area contributed by atoms with Crippen molar-refractivity contribution in [1.29, 1.82) is 0 Å². The zero-order valence-corrected chi connectivity index (χ0v) is 21.8. The molecule has 0 unspecified atom stereocenters. The van der Waals surface area contributed by atoms with Crippen molar-refractivity contribution in [3.05, 3.63) is 151 Å². The molecule has 0 amide bonds. The summed E-state index contributed by atoms with van der Waals surface area (Å²) in [7, 11) is 0. The molecule has 0 aliphatic rings. The van der Waals surface area contributed by atoms with Gasteiger partial charge in [0.05, 0.1) is 5.02 Å². The van der Waals surface area contributed by atoms with Gasteiger partial charge in [0.15, 0.2) is 5.58 Å². The van der Waals surface area contributed by atoms with Gasteiger partial charge in [-0.1, -0.05) is 115 Å². The average Bonchev–Trinajstić information content (AvgIpc) is 3.38. The number of hydrogen-bond acceptors (Lipinski definition) is 2. The van der Waals surface area contributed by atoms with Gasteiger partial charge in [-0.2, -0.15) is 0 Å². The van der Waals surface area contributed by atoms with Crippen molar-refractivity contribution in [2.45, 2.75) is 0 Å². The zero-order chi connectivity index (χ0) is 26.2. The fraction of sp³-hybridized carbons (Fsp3) is 0. The summed E-state index contributed by atoms with van der Waals surface area (Å²) in [6.07, 6.45) is 0. The lowest BCUT2D eigenvalue weighted by Crippen LogP contribution is -2.10. The Morgan fingerprint density at radius 3 is 1.49 bits per heavy atom. The number of halogens is 1. The first kappa shape index (κ1) is 23.3. The Kier molecular flexibility index (Phi) is 5.88. The van der Waals surface area contributed by atoms with Crippen molar-refractivity contribution in [2.24, 2.45) is 0 Å². The van der Waals surface area contributed by atoms with Crippen LogP contribution in [0.4, 0.5) is 17.1 Å². The van der Waals surface area contributed by atoms with Crippen LogP contribution in [-0.2, 0) is 0 Å². The summed E-state index contributed by atoms with van der Waals surface area (Å²) in [4.78, 5) is 2.25. The molecule has 186 valence electrons. The lowest BCUT2D eigenvalue weighted by Gasteiger charge is -2.26. The third-order valence-corrected chi connectivity index (χ3v) is 7.42. The molecule has 7 rings (SSSR count). The van der Waals surface area contributed by atoms with Crippen LogP contribution in [0.5, 0.6) is 0 Å². The predicted octanol–water partition coefficient (Wildman–Crippen LogP) is 11.0. The number of furan rings is 1. The highest BCUT2D eigenvalue weighted by atomic mass is 35.5. The van der Waals surface area contributed by atoms with Crippen LogP contribution in [0, 0.1) is 0 Å². The van der Waals surface area contributed by atoms with E-state index < -0.39 is 0 Å². The second-order valence-electron chi connectivity index (χ2n) is 9.56. The highest BCUT2D eigenvalue weighted by molar-refractivity contribution is 6.36. The van der Waals surface area contributed by atoms with Crippen molar-refractivity contribution in [3.63, 3.8) is 0 Å². The number of nitrogens with zero attached hydrogens (tertiary/aromatic N) is 1. The van der Waals surface area contributed by atoms with Gasteiger partial charge in [0, 0.05) is 27.8 Å². The number of rotatable bonds is 5. The predicted molar refractivity (Wildman–Crippen MR) is 164 cm³/mol. The standard InChI is InChI=1S/C36H24ClNO/c37-34-24-31(23-33-32-13-7-8-14-35(32)39-36(33)34)38(29-19-15-27(16-20-29)25-9-3-1-4-10-25)30-21-17-28(18-22-30)26-11-5-2-6-12-26/h1-24H. The summed E-state index contributed by atoms with van der Waals surface area (Å²) in [6.45, 7) is 0. The van der Waals surface area contributed by atoms with Gasteiger partial charge >= 0.3 is 0 Å².